The number of benzene rings is 3. The van der Waals surface area contributed by atoms with E-state index in [1.807, 2.05) is 78.6 Å². The minimum atomic E-state index is 0.0361. The number of hydrogen-bond donors (Lipinski definition) is 0. The number of carbonyl (C=O) groups excluding carboxylic acids is 1. The summed E-state index contributed by atoms with van der Waals surface area (Å²) >= 11 is 12.2. The molecule has 1 aliphatic rings. The average molecular weight is 476 g/mol. The van der Waals surface area contributed by atoms with Crippen molar-refractivity contribution in [1.82, 2.24) is 9.88 Å². The van der Waals surface area contributed by atoms with E-state index >= 15 is 0 Å². The first-order valence-electron chi connectivity index (χ1n) is 11.0. The zero-order valence-electron chi connectivity index (χ0n) is 18.3. The molecule has 0 saturated carbocycles. The molecule has 5 rings (SSSR count). The molecule has 0 N–H and O–H groups in total. The number of hydrogen-bond acceptors (Lipinski definition) is 3. The fourth-order valence-corrected chi connectivity index (χ4v) is 4.66. The number of fused-ring (bicyclic) bond motifs is 1. The second-order valence-electron chi connectivity index (χ2n) is 8.29. The number of carbonyl (C=O) groups is 1. The zero-order valence-corrected chi connectivity index (χ0v) is 19.8. The van der Waals surface area contributed by atoms with Crippen molar-refractivity contribution >= 4 is 45.7 Å². The summed E-state index contributed by atoms with van der Waals surface area (Å²) in [6.45, 7) is 4.85. The van der Waals surface area contributed by atoms with Crippen molar-refractivity contribution in [3.63, 3.8) is 0 Å². The average Bonchev–Trinajstić information content (AvgIpc) is 2.84. The zero-order chi connectivity index (χ0) is 22.9. The molecule has 2 heterocycles. The third-order valence-corrected chi connectivity index (χ3v) is 6.64. The largest absolute Gasteiger partial charge is 0.368 e. The molecule has 0 bridgehead atoms. The van der Waals surface area contributed by atoms with Gasteiger partial charge < -0.3 is 9.80 Å². The van der Waals surface area contributed by atoms with Crippen LogP contribution in [-0.4, -0.2) is 42.0 Å². The van der Waals surface area contributed by atoms with Crippen LogP contribution >= 0.6 is 23.2 Å². The van der Waals surface area contributed by atoms with Gasteiger partial charge in [0.2, 0.25) is 0 Å². The van der Waals surface area contributed by atoms with E-state index in [4.69, 9.17) is 28.2 Å². The van der Waals surface area contributed by atoms with E-state index in [9.17, 15) is 4.79 Å². The van der Waals surface area contributed by atoms with Gasteiger partial charge in [0.1, 0.15) is 0 Å². The van der Waals surface area contributed by atoms with Gasteiger partial charge in [-0.2, -0.15) is 0 Å². The number of para-hydroxylation sites is 1. The molecule has 0 radical (unpaired) electrons. The van der Waals surface area contributed by atoms with Crippen LogP contribution in [0.3, 0.4) is 0 Å². The molecule has 4 nitrogen and oxygen atoms in total. The van der Waals surface area contributed by atoms with Crippen molar-refractivity contribution in [2.45, 2.75) is 6.92 Å². The van der Waals surface area contributed by atoms with Gasteiger partial charge in [0.25, 0.3) is 5.91 Å². The summed E-state index contributed by atoms with van der Waals surface area (Å²) in [5.41, 5.74) is 5.38. The Bertz CT molecular complexity index is 1330. The highest BCUT2D eigenvalue weighted by molar-refractivity contribution is 6.31. The molecule has 6 heteroatoms. The Morgan fingerprint density at radius 1 is 0.848 bits per heavy atom. The van der Waals surface area contributed by atoms with Crippen LogP contribution < -0.4 is 4.90 Å². The van der Waals surface area contributed by atoms with Gasteiger partial charge in [-0.1, -0.05) is 59.6 Å². The predicted molar refractivity (Wildman–Crippen MR) is 136 cm³/mol. The first kappa shape index (κ1) is 21.7. The minimum absolute atomic E-state index is 0.0361. The highest BCUT2D eigenvalue weighted by Crippen LogP contribution is 2.29. The van der Waals surface area contributed by atoms with E-state index in [0.717, 1.165) is 51.5 Å². The third-order valence-electron chi connectivity index (χ3n) is 6.15. The topological polar surface area (TPSA) is 36.4 Å². The molecule has 0 atom stereocenters. The normalized spacial score (nSPS) is 14.0. The van der Waals surface area contributed by atoms with E-state index in [-0.39, 0.29) is 5.91 Å². The van der Waals surface area contributed by atoms with Gasteiger partial charge in [0, 0.05) is 52.9 Å². The maximum atomic E-state index is 13.7. The lowest BCUT2D eigenvalue weighted by Gasteiger charge is -2.36. The smallest absolute Gasteiger partial charge is 0.254 e. The number of piperazine rings is 1. The van der Waals surface area contributed by atoms with Crippen molar-refractivity contribution in [2.24, 2.45) is 0 Å². The van der Waals surface area contributed by atoms with Gasteiger partial charge in [-0.05, 0) is 48.9 Å². The van der Waals surface area contributed by atoms with Gasteiger partial charge in [0.15, 0.2) is 0 Å². The number of aryl methyl sites for hydroxylation is 1. The van der Waals surface area contributed by atoms with Crippen molar-refractivity contribution in [3.8, 4) is 11.3 Å². The maximum absolute atomic E-state index is 13.7. The van der Waals surface area contributed by atoms with Crippen molar-refractivity contribution in [3.05, 3.63) is 94.0 Å². The van der Waals surface area contributed by atoms with Gasteiger partial charge >= 0.3 is 0 Å². The lowest BCUT2D eigenvalue weighted by Crippen LogP contribution is -2.48. The Morgan fingerprint density at radius 2 is 1.58 bits per heavy atom. The molecule has 1 aromatic heterocycles. The molecule has 1 aliphatic heterocycles. The van der Waals surface area contributed by atoms with Gasteiger partial charge in [0.05, 0.1) is 16.8 Å². The minimum Gasteiger partial charge on any atom is -0.368 e. The van der Waals surface area contributed by atoms with Gasteiger partial charge in [-0.15, -0.1) is 0 Å². The summed E-state index contributed by atoms with van der Waals surface area (Å²) in [4.78, 5) is 22.8. The molecule has 0 spiro atoms. The van der Waals surface area contributed by atoms with Crippen LogP contribution in [-0.2, 0) is 0 Å². The highest BCUT2D eigenvalue weighted by Gasteiger charge is 2.25. The Morgan fingerprint density at radius 3 is 2.30 bits per heavy atom. The van der Waals surface area contributed by atoms with Crippen LogP contribution in [0.2, 0.25) is 10.0 Å². The fraction of sp³-hybridized carbons (Fsp3) is 0.185. The van der Waals surface area contributed by atoms with Crippen LogP contribution in [0, 0.1) is 6.92 Å². The molecule has 0 aliphatic carbocycles. The quantitative estimate of drug-likeness (QED) is 0.340. The predicted octanol–water partition coefficient (Wildman–Crippen LogP) is 6.48. The number of nitrogens with zero attached hydrogens (tertiary/aromatic N) is 3. The molecule has 1 fully saturated rings. The lowest BCUT2D eigenvalue weighted by atomic mass is 10.0. The third kappa shape index (κ3) is 4.41. The summed E-state index contributed by atoms with van der Waals surface area (Å²) in [6, 6.07) is 23.3. The highest BCUT2D eigenvalue weighted by atomic mass is 35.5. The second kappa shape index (κ2) is 9.05. The SMILES string of the molecule is Cc1cccc2c(C(=O)N3CCN(c4cccc(Cl)c4)CC3)cc(-c3ccc(Cl)cc3)nc12. The first-order valence-corrected chi connectivity index (χ1v) is 11.7. The van der Waals surface area contributed by atoms with Gasteiger partial charge in [-0.3, -0.25) is 4.79 Å². The van der Waals surface area contributed by atoms with Crippen molar-refractivity contribution in [2.75, 3.05) is 31.1 Å². The first-order chi connectivity index (χ1) is 16.0. The number of amides is 1. The van der Waals surface area contributed by atoms with Crippen LogP contribution in [0.4, 0.5) is 5.69 Å². The summed E-state index contributed by atoms with van der Waals surface area (Å²) in [7, 11) is 0. The van der Waals surface area contributed by atoms with Crippen molar-refractivity contribution in [1.29, 1.82) is 0 Å². The van der Waals surface area contributed by atoms with E-state index in [1.54, 1.807) is 0 Å². The number of halogens is 2. The Hall–Kier alpha value is -3.08. The fourth-order valence-electron chi connectivity index (χ4n) is 4.35. The molecule has 0 unspecified atom stereocenters. The number of pyridine rings is 1. The Kier molecular flexibility index (Phi) is 5.96. The molecule has 4 aromatic rings. The molecular weight excluding hydrogens is 453 g/mol. The summed E-state index contributed by atoms with van der Waals surface area (Å²) in [6.07, 6.45) is 0. The van der Waals surface area contributed by atoms with Crippen LogP contribution in [0.15, 0.2) is 72.8 Å². The van der Waals surface area contributed by atoms with Crippen LogP contribution in [0.25, 0.3) is 22.2 Å². The van der Waals surface area contributed by atoms with Gasteiger partial charge in [-0.25, -0.2) is 4.98 Å². The number of anilines is 1. The Balaban J connectivity index is 1.47. The molecular formula is C27H23Cl2N3O. The summed E-state index contributed by atoms with van der Waals surface area (Å²) < 4.78 is 0. The molecule has 1 saturated heterocycles. The second-order valence-corrected chi connectivity index (χ2v) is 9.17. The lowest BCUT2D eigenvalue weighted by molar-refractivity contribution is 0.0748. The standard InChI is InChI=1S/C27H23Cl2N3O/c1-18-4-2-7-23-24(17-25(30-26(18)23)19-8-10-20(28)11-9-19)27(33)32-14-12-31(13-15-32)22-6-3-5-21(29)16-22/h2-11,16-17H,12-15H2,1H3. The monoisotopic (exact) mass is 475 g/mol. The van der Waals surface area contributed by atoms with Crippen LogP contribution in [0.1, 0.15) is 15.9 Å². The van der Waals surface area contributed by atoms with Crippen molar-refractivity contribution < 1.29 is 4.79 Å². The molecule has 1 amide bonds. The van der Waals surface area contributed by atoms with E-state index in [2.05, 4.69) is 11.0 Å². The Labute approximate surface area is 203 Å². The number of aromatic nitrogens is 1. The van der Waals surface area contributed by atoms with Crippen LogP contribution in [0.5, 0.6) is 0 Å². The van der Waals surface area contributed by atoms with E-state index in [0.29, 0.717) is 23.7 Å². The maximum Gasteiger partial charge on any atom is 0.254 e. The molecule has 166 valence electrons. The summed E-state index contributed by atoms with van der Waals surface area (Å²) in [5, 5.41) is 2.28. The van der Waals surface area contributed by atoms with E-state index < -0.39 is 0 Å². The molecule has 3 aromatic carbocycles. The summed E-state index contributed by atoms with van der Waals surface area (Å²) in [5.74, 6) is 0.0361. The van der Waals surface area contributed by atoms with E-state index in [1.165, 1.54) is 0 Å². The number of rotatable bonds is 3. The molecule has 33 heavy (non-hydrogen) atoms.